The summed E-state index contributed by atoms with van der Waals surface area (Å²) in [5.41, 5.74) is 0.0192. The smallest absolute Gasteiger partial charge is 0.409 e. The van der Waals surface area contributed by atoms with Crippen molar-refractivity contribution in [1.29, 1.82) is 0 Å². The predicted octanol–water partition coefficient (Wildman–Crippen LogP) is 3.11. The number of Topliss-reactive ketones (excluding diaryl/α,β-unsaturated/α-hetero) is 1. The first-order chi connectivity index (χ1) is 8.81. The Morgan fingerprint density at radius 1 is 1.26 bits per heavy atom. The van der Waals surface area contributed by atoms with Crippen molar-refractivity contribution in [2.45, 2.75) is 47.0 Å². The first kappa shape index (κ1) is 16.0. The minimum Gasteiger partial charge on any atom is -0.453 e. The molecular formula is C15H27NO3. The molecule has 1 unspecified atom stereocenters. The highest BCUT2D eigenvalue weighted by Gasteiger charge is 2.36. The molecule has 1 heterocycles. The summed E-state index contributed by atoms with van der Waals surface area (Å²) in [7, 11) is 1.40. The molecule has 1 atom stereocenters. The van der Waals surface area contributed by atoms with Crippen LogP contribution in [0.5, 0.6) is 0 Å². The van der Waals surface area contributed by atoms with Gasteiger partial charge in [-0.05, 0) is 24.7 Å². The molecule has 1 rings (SSSR count). The third-order valence-corrected chi connectivity index (χ3v) is 4.13. The number of amides is 1. The van der Waals surface area contributed by atoms with Gasteiger partial charge in [0.1, 0.15) is 5.78 Å². The van der Waals surface area contributed by atoms with Crippen LogP contribution >= 0.6 is 0 Å². The second-order valence-corrected chi connectivity index (χ2v) is 6.46. The number of nitrogens with zero attached hydrogens (tertiary/aromatic N) is 1. The molecule has 0 bridgehead atoms. The Hall–Kier alpha value is -1.06. The van der Waals surface area contributed by atoms with Crippen molar-refractivity contribution in [2.75, 3.05) is 20.2 Å². The molecular weight excluding hydrogens is 242 g/mol. The van der Waals surface area contributed by atoms with Gasteiger partial charge in [-0.25, -0.2) is 4.79 Å². The molecule has 1 saturated heterocycles. The van der Waals surface area contributed by atoms with E-state index in [0.717, 1.165) is 19.3 Å². The minimum absolute atomic E-state index is 0.0192. The zero-order valence-electron chi connectivity index (χ0n) is 12.9. The Morgan fingerprint density at radius 3 is 2.16 bits per heavy atom. The molecule has 1 aliphatic rings. The Kier molecular flexibility index (Phi) is 5.39. The van der Waals surface area contributed by atoms with E-state index in [0.29, 0.717) is 18.9 Å². The van der Waals surface area contributed by atoms with Crippen LogP contribution in [-0.2, 0) is 9.53 Å². The van der Waals surface area contributed by atoms with E-state index in [1.807, 2.05) is 0 Å². The van der Waals surface area contributed by atoms with Crippen molar-refractivity contribution < 1.29 is 14.3 Å². The summed E-state index contributed by atoms with van der Waals surface area (Å²) in [6.07, 6.45) is 2.13. The van der Waals surface area contributed by atoms with E-state index in [-0.39, 0.29) is 23.3 Å². The molecule has 4 heteroatoms. The van der Waals surface area contributed by atoms with E-state index in [1.165, 1.54) is 7.11 Å². The molecule has 1 aliphatic heterocycles. The third kappa shape index (κ3) is 3.95. The topological polar surface area (TPSA) is 46.6 Å². The number of ether oxygens (including phenoxy) is 1. The van der Waals surface area contributed by atoms with Gasteiger partial charge in [-0.1, -0.05) is 27.7 Å². The number of ketones is 1. The second kappa shape index (κ2) is 6.40. The van der Waals surface area contributed by atoms with Gasteiger partial charge in [0.2, 0.25) is 0 Å². The van der Waals surface area contributed by atoms with Crippen LogP contribution in [0.1, 0.15) is 47.0 Å². The van der Waals surface area contributed by atoms with Gasteiger partial charge in [0.15, 0.2) is 0 Å². The maximum Gasteiger partial charge on any atom is 0.409 e. The molecule has 0 spiro atoms. The highest BCUT2D eigenvalue weighted by Crippen LogP contribution is 2.34. The molecule has 0 aromatic heterocycles. The van der Waals surface area contributed by atoms with Gasteiger partial charge in [-0.15, -0.1) is 0 Å². The number of likely N-dealkylation sites (tertiary alicyclic amines) is 1. The standard InChI is InChI=1S/C15H27NO3/c1-6-12(15(2,3)4)13(17)11-7-9-16(10-8-11)14(18)19-5/h11-12H,6-10H2,1-5H3. The van der Waals surface area contributed by atoms with Crippen LogP contribution in [0.3, 0.4) is 0 Å². The summed E-state index contributed by atoms with van der Waals surface area (Å²) < 4.78 is 4.71. The highest BCUT2D eigenvalue weighted by atomic mass is 16.5. The molecule has 0 aromatic rings. The number of hydrogen-bond donors (Lipinski definition) is 0. The minimum atomic E-state index is -0.284. The van der Waals surface area contributed by atoms with Crippen molar-refractivity contribution in [3.63, 3.8) is 0 Å². The zero-order chi connectivity index (χ0) is 14.6. The summed E-state index contributed by atoms with van der Waals surface area (Å²) in [5, 5.41) is 0. The maximum absolute atomic E-state index is 12.6. The van der Waals surface area contributed by atoms with Gasteiger partial charge in [-0.2, -0.15) is 0 Å². The number of carbonyl (C=O) groups excluding carboxylic acids is 2. The number of carbonyl (C=O) groups is 2. The van der Waals surface area contributed by atoms with E-state index in [9.17, 15) is 9.59 Å². The monoisotopic (exact) mass is 269 g/mol. The zero-order valence-corrected chi connectivity index (χ0v) is 12.9. The van der Waals surface area contributed by atoms with E-state index in [1.54, 1.807) is 4.90 Å². The lowest BCUT2D eigenvalue weighted by atomic mass is 9.72. The molecule has 1 fully saturated rings. The summed E-state index contributed by atoms with van der Waals surface area (Å²) in [4.78, 5) is 25.7. The molecule has 0 aromatic carbocycles. The van der Waals surface area contributed by atoms with Gasteiger partial charge >= 0.3 is 6.09 Å². The van der Waals surface area contributed by atoms with Gasteiger partial charge in [0.05, 0.1) is 7.11 Å². The van der Waals surface area contributed by atoms with Gasteiger partial charge in [-0.3, -0.25) is 4.79 Å². The number of rotatable bonds is 3. The largest absolute Gasteiger partial charge is 0.453 e. The van der Waals surface area contributed by atoms with Crippen LogP contribution in [-0.4, -0.2) is 37.0 Å². The van der Waals surface area contributed by atoms with E-state index >= 15 is 0 Å². The van der Waals surface area contributed by atoms with Crippen molar-refractivity contribution in [3.05, 3.63) is 0 Å². The van der Waals surface area contributed by atoms with Crippen molar-refractivity contribution in [1.82, 2.24) is 4.90 Å². The normalized spacial score (nSPS) is 19.1. The summed E-state index contributed by atoms with van der Waals surface area (Å²) in [6.45, 7) is 9.72. The first-order valence-corrected chi connectivity index (χ1v) is 7.17. The van der Waals surface area contributed by atoms with Gasteiger partial charge < -0.3 is 9.64 Å². The maximum atomic E-state index is 12.6. The van der Waals surface area contributed by atoms with E-state index < -0.39 is 0 Å². The predicted molar refractivity (Wildman–Crippen MR) is 74.9 cm³/mol. The number of piperidine rings is 1. The molecule has 19 heavy (non-hydrogen) atoms. The number of methoxy groups -OCH3 is 1. The fourth-order valence-electron chi connectivity index (χ4n) is 3.00. The lowest BCUT2D eigenvalue weighted by Crippen LogP contribution is -2.42. The van der Waals surface area contributed by atoms with Crippen LogP contribution in [0.2, 0.25) is 0 Å². The molecule has 4 nitrogen and oxygen atoms in total. The average Bonchev–Trinajstić information content (AvgIpc) is 2.37. The van der Waals surface area contributed by atoms with Crippen LogP contribution in [0.15, 0.2) is 0 Å². The summed E-state index contributed by atoms with van der Waals surface area (Å²) >= 11 is 0. The Morgan fingerprint density at radius 2 is 1.79 bits per heavy atom. The first-order valence-electron chi connectivity index (χ1n) is 7.17. The Labute approximate surface area is 116 Å². The second-order valence-electron chi connectivity index (χ2n) is 6.46. The van der Waals surface area contributed by atoms with Crippen LogP contribution < -0.4 is 0 Å². The fourth-order valence-corrected chi connectivity index (χ4v) is 3.00. The third-order valence-electron chi connectivity index (χ3n) is 4.13. The molecule has 0 aliphatic carbocycles. The highest BCUT2D eigenvalue weighted by molar-refractivity contribution is 5.84. The molecule has 110 valence electrons. The van der Waals surface area contributed by atoms with Crippen molar-refractivity contribution >= 4 is 11.9 Å². The molecule has 0 N–H and O–H groups in total. The quantitative estimate of drug-likeness (QED) is 0.791. The molecule has 0 radical (unpaired) electrons. The fraction of sp³-hybridized carbons (Fsp3) is 0.867. The SMILES string of the molecule is CCC(C(=O)C1CCN(C(=O)OC)CC1)C(C)(C)C. The van der Waals surface area contributed by atoms with E-state index in [4.69, 9.17) is 4.74 Å². The van der Waals surface area contributed by atoms with Crippen LogP contribution in [0, 0.1) is 17.3 Å². The summed E-state index contributed by atoms with van der Waals surface area (Å²) in [6, 6.07) is 0. The van der Waals surface area contributed by atoms with Crippen molar-refractivity contribution in [3.8, 4) is 0 Å². The molecule has 0 saturated carbocycles. The average molecular weight is 269 g/mol. The number of hydrogen-bond acceptors (Lipinski definition) is 3. The van der Waals surface area contributed by atoms with Gasteiger partial charge in [0.25, 0.3) is 0 Å². The van der Waals surface area contributed by atoms with E-state index in [2.05, 4.69) is 27.7 Å². The lowest BCUT2D eigenvalue weighted by Gasteiger charge is -2.35. The Balaban J connectivity index is 2.60. The molecule has 1 amide bonds. The van der Waals surface area contributed by atoms with Crippen LogP contribution in [0.4, 0.5) is 4.79 Å². The summed E-state index contributed by atoms with van der Waals surface area (Å²) in [5.74, 6) is 0.590. The Bertz CT molecular complexity index is 325. The lowest BCUT2D eigenvalue weighted by molar-refractivity contribution is -0.131. The van der Waals surface area contributed by atoms with Gasteiger partial charge in [0, 0.05) is 24.9 Å². The van der Waals surface area contributed by atoms with Crippen molar-refractivity contribution in [2.24, 2.45) is 17.3 Å². The van der Waals surface area contributed by atoms with Crippen LogP contribution in [0.25, 0.3) is 0 Å².